The van der Waals surface area contributed by atoms with Crippen LogP contribution in [0.1, 0.15) is 0 Å². The molecular formula is C8H8N2O3S2. The van der Waals surface area contributed by atoms with Crippen LogP contribution in [-0.4, -0.2) is 20.4 Å². The van der Waals surface area contributed by atoms with E-state index in [4.69, 9.17) is 4.42 Å². The molecule has 2 aromatic rings. The number of rotatable bonds is 3. The number of sulfonamides is 1. The Bertz CT molecular complexity index is 542. The summed E-state index contributed by atoms with van der Waals surface area (Å²) in [6.45, 7) is 0. The number of hydrogen-bond acceptors (Lipinski definition) is 5. The molecular weight excluding hydrogens is 236 g/mol. The summed E-state index contributed by atoms with van der Waals surface area (Å²) in [4.78, 5) is 4.03. The number of furan rings is 1. The van der Waals surface area contributed by atoms with Crippen molar-refractivity contribution >= 4 is 21.4 Å². The van der Waals surface area contributed by atoms with Crippen LogP contribution in [0.4, 0.5) is 0 Å². The molecule has 0 aliphatic carbocycles. The summed E-state index contributed by atoms with van der Waals surface area (Å²) in [5.74, 6) is 0. The van der Waals surface area contributed by atoms with Crippen molar-refractivity contribution in [1.82, 2.24) is 9.71 Å². The number of aromatic nitrogens is 1. The summed E-state index contributed by atoms with van der Waals surface area (Å²) in [6.07, 6.45) is 2.95. The lowest BCUT2D eigenvalue weighted by Crippen LogP contribution is -2.18. The molecule has 7 heteroatoms. The summed E-state index contributed by atoms with van der Waals surface area (Å²) in [7, 11) is -2.22. The molecule has 0 radical (unpaired) electrons. The van der Waals surface area contributed by atoms with E-state index in [0.717, 1.165) is 0 Å². The van der Waals surface area contributed by atoms with E-state index in [2.05, 4.69) is 9.71 Å². The molecule has 0 aromatic carbocycles. The van der Waals surface area contributed by atoms with Crippen molar-refractivity contribution in [2.24, 2.45) is 0 Å². The highest BCUT2D eigenvalue weighted by atomic mass is 32.2. The first kappa shape index (κ1) is 10.3. The zero-order chi connectivity index (χ0) is 10.9. The lowest BCUT2D eigenvalue weighted by Gasteiger charge is -1.99. The Kier molecular flexibility index (Phi) is 2.59. The highest BCUT2D eigenvalue weighted by molar-refractivity contribution is 7.89. The van der Waals surface area contributed by atoms with Crippen LogP contribution in [0.15, 0.2) is 33.4 Å². The highest BCUT2D eigenvalue weighted by Gasteiger charge is 2.22. The average molecular weight is 244 g/mol. The van der Waals surface area contributed by atoms with Crippen molar-refractivity contribution < 1.29 is 12.8 Å². The van der Waals surface area contributed by atoms with Gasteiger partial charge in [0.05, 0.1) is 11.8 Å². The first-order valence-corrected chi connectivity index (χ1v) is 6.42. The van der Waals surface area contributed by atoms with Crippen molar-refractivity contribution in [3.8, 4) is 10.6 Å². The topological polar surface area (TPSA) is 72.2 Å². The second kappa shape index (κ2) is 3.76. The van der Waals surface area contributed by atoms with E-state index in [1.165, 1.54) is 24.6 Å². The zero-order valence-electron chi connectivity index (χ0n) is 7.80. The third-order valence-electron chi connectivity index (χ3n) is 1.81. The summed E-state index contributed by atoms with van der Waals surface area (Å²) < 4.78 is 30.3. The van der Waals surface area contributed by atoms with E-state index < -0.39 is 10.0 Å². The molecule has 0 saturated heterocycles. The van der Waals surface area contributed by atoms with Crippen molar-refractivity contribution in [2.45, 2.75) is 5.09 Å². The largest absolute Gasteiger partial charge is 0.451 e. The van der Waals surface area contributed by atoms with E-state index in [-0.39, 0.29) is 5.09 Å². The molecule has 5 nitrogen and oxygen atoms in total. The normalized spacial score (nSPS) is 11.8. The predicted molar refractivity (Wildman–Crippen MR) is 56.1 cm³/mol. The third-order valence-corrected chi connectivity index (χ3v) is 3.95. The van der Waals surface area contributed by atoms with Gasteiger partial charge in [0.15, 0.2) is 0 Å². The fraction of sp³-hybridized carbons (Fsp3) is 0.125. The predicted octanol–water partition coefficient (Wildman–Crippen LogP) is 1.31. The quantitative estimate of drug-likeness (QED) is 0.883. The second-order valence-electron chi connectivity index (χ2n) is 2.67. The van der Waals surface area contributed by atoms with Gasteiger partial charge in [-0.1, -0.05) is 0 Å². The van der Waals surface area contributed by atoms with Crippen LogP contribution in [-0.2, 0) is 10.0 Å². The number of nitrogens with one attached hydrogen (secondary N) is 1. The third kappa shape index (κ3) is 1.81. The molecule has 15 heavy (non-hydrogen) atoms. The SMILES string of the molecule is CNS(=O)(=O)c1occc1-c1nccs1. The Morgan fingerprint density at radius 3 is 2.93 bits per heavy atom. The van der Waals surface area contributed by atoms with Crippen molar-refractivity contribution in [2.75, 3.05) is 7.05 Å². The zero-order valence-corrected chi connectivity index (χ0v) is 9.43. The fourth-order valence-electron chi connectivity index (χ4n) is 1.11. The smallest absolute Gasteiger partial charge is 0.274 e. The van der Waals surface area contributed by atoms with Gasteiger partial charge in [-0.05, 0) is 13.1 Å². The van der Waals surface area contributed by atoms with Gasteiger partial charge in [-0.2, -0.15) is 0 Å². The standard InChI is InChI=1S/C8H8N2O3S2/c1-9-15(11,12)8-6(2-4-13-8)7-10-3-5-14-7/h2-5,9H,1H3. The molecule has 1 N–H and O–H groups in total. The van der Waals surface area contributed by atoms with E-state index in [9.17, 15) is 8.42 Å². The van der Waals surface area contributed by atoms with E-state index in [0.29, 0.717) is 10.6 Å². The van der Waals surface area contributed by atoms with E-state index >= 15 is 0 Å². The fourth-order valence-corrected chi connectivity index (χ4v) is 2.66. The van der Waals surface area contributed by atoms with Crippen LogP contribution >= 0.6 is 11.3 Å². The van der Waals surface area contributed by atoms with Crippen molar-refractivity contribution in [3.05, 3.63) is 23.9 Å². The monoisotopic (exact) mass is 244 g/mol. The average Bonchev–Trinajstić information content (AvgIpc) is 2.87. The first-order valence-electron chi connectivity index (χ1n) is 4.06. The van der Waals surface area contributed by atoms with E-state index in [1.54, 1.807) is 17.6 Å². The van der Waals surface area contributed by atoms with Crippen LogP contribution in [0.2, 0.25) is 0 Å². The van der Waals surface area contributed by atoms with Crippen molar-refractivity contribution in [3.63, 3.8) is 0 Å². The minimum atomic E-state index is -3.56. The molecule has 0 atom stereocenters. The molecule has 2 rings (SSSR count). The minimum Gasteiger partial charge on any atom is -0.451 e. The number of hydrogen-bond donors (Lipinski definition) is 1. The maximum Gasteiger partial charge on any atom is 0.274 e. The van der Waals surface area contributed by atoms with Gasteiger partial charge in [0.25, 0.3) is 10.0 Å². The Labute approximate surface area is 90.8 Å². The molecule has 0 aliphatic rings. The van der Waals surface area contributed by atoms with Gasteiger partial charge in [-0.15, -0.1) is 11.3 Å². The molecule has 2 heterocycles. The van der Waals surface area contributed by atoms with Crippen LogP contribution in [0.3, 0.4) is 0 Å². The number of nitrogens with zero attached hydrogens (tertiary/aromatic N) is 1. The maximum atomic E-state index is 11.6. The second-order valence-corrected chi connectivity index (χ2v) is 5.35. The first-order chi connectivity index (χ1) is 7.15. The lowest BCUT2D eigenvalue weighted by atomic mass is 10.4. The molecule has 0 saturated carbocycles. The molecule has 0 bridgehead atoms. The molecule has 0 amide bonds. The molecule has 80 valence electrons. The molecule has 0 unspecified atom stereocenters. The van der Waals surface area contributed by atoms with Gasteiger partial charge in [0, 0.05) is 11.6 Å². The van der Waals surface area contributed by atoms with Gasteiger partial charge in [-0.25, -0.2) is 18.1 Å². The lowest BCUT2D eigenvalue weighted by molar-refractivity contribution is 0.449. The van der Waals surface area contributed by atoms with Gasteiger partial charge in [0.2, 0.25) is 5.09 Å². The summed E-state index contributed by atoms with van der Waals surface area (Å²) in [5, 5.41) is 2.30. The number of thiazole rings is 1. The Balaban J connectivity index is 2.58. The summed E-state index contributed by atoms with van der Waals surface area (Å²) >= 11 is 1.36. The molecule has 2 aromatic heterocycles. The van der Waals surface area contributed by atoms with Gasteiger partial charge < -0.3 is 4.42 Å². The summed E-state index contributed by atoms with van der Waals surface area (Å²) in [5.41, 5.74) is 0.486. The minimum absolute atomic E-state index is 0.0973. The Morgan fingerprint density at radius 2 is 2.33 bits per heavy atom. The molecule has 0 fully saturated rings. The van der Waals surface area contributed by atoms with Crippen LogP contribution in [0.25, 0.3) is 10.6 Å². The van der Waals surface area contributed by atoms with Gasteiger partial charge in [0.1, 0.15) is 5.01 Å². The van der Waals surface area contributed by atoms with Crippen LogP contribution in [0, 0.1) is 0 Å². The Morgan fingerprint density at radius 1 is 1.53 bits per heavy atom. The van der Waals surface area contributed by atoms with Gasteiger partial charge >= 0.3 is 0 Å². The van der Waals surface area contributed by atoms with Crippen LogP contribution < -0.4 is 4.72 Å². The Hall–Kier alpha value is -1.18. The highest BCUT2D eigenvalue weighted by Crippen LogP contribution is 2.29. The van der Waals surface area contributed by atoms with E-state index in [1.807, 2.05) is 0 Å². The molecule has 0 spiro atoms. The van der Waals surface area contributed by atoms with Crippen LogP contribution in [0.5, 0.6) is 0 Å². The van der Waals surface area contributed by atoms with Gasteiger partial charge in [-0.3, -0.25) is 0 Å². The summed E-state index contributed by atoms with van der Waals surface area (Å²) in [6, 6.07) is 1.59. The van der Waals surface area contributed by atoms with Crippen molar-refractivity contribution in [1.29, 1.82) is 0 Å². The molecule has 0 aliphatic heterocycles. The maximum absolute atomic E-state index is 11.6.